The molecule has 72 heavy (non-hydrogen) atoms. The first-order chi connectivity index (χ1) is 34.9. The van der Waals surface area contributed by atoms with Gasteiger partial charge in [0.1, 0.15) is 19.3 Å². The molecular formula is C62H114N2O7P+. The van der Waals surface area contributed by atoms with Crippen molar-refractivity contribution in [3.05, 3.63) is 72.9 Å². The Morgan fingerprint density at radius 3 is 1.32 bits per heavy atom. The summed E-state index contributed by atoms with van der Waals surface area (Å²) in [4.78, 5) is 37.6. The van der Waals surface area contributed by atoms with E-state index in [9.17, 15) is 19.0 Å². The van der Waals surface area contributed by atoms with Crippen LogP contribution in [0.1, 0.15) is 258 Å². The van der Waals surface area contributed by atoms with Gasteiger partial charge in [0, 0.05) is 12.8 Å². The van der Waals surface area contributed by atoms with Crippen LogP contribution in [0, 0.1) is 0 Å². The van der Waals surface area contributed by atoms with E-state index in [-0.39, 0.29) is 31.5 Å². The lowest BCUT2D eigenvalue weighted by Gasteiger charge is -2.27. The summed E-state index contributed by atoms with van der Waals surface area (Å²) in [6.45, 7) is 6.94. The molecule has 0 aliphatic rings. The maximum Gasteiger partial charge on any atom is 0.472 e. The van der Waals surface area contributed by atoms with Gasteiger partial charge in [-0.25, -0.2) is 4.57 Å². The van der Waals surface area contributed by atoms with Gasteiger partial charge in [0.25, 0.3) is 0 Å². The van der Waals surface area contributed by atoms with E-state index in [4.69, 9.17) is 13.8 Å². The van der Waals surface area contributed by atoms with Crippen LogP contribution < -0.4 is 5.32 Å². The van der Waals surface area contributed by atoms with Gasteiger partial charge in [0.2, 0.25) is 5.91 Å². The Hall–Kier alpha value is -2.55. The maximum absolute atomic E-state index is 13.5. The first-order valence-electron chi connectivity index (χ1n) is 29.8. The summed E-state index contributed by atoms with van der Waals surface area (Å²) >= 11 is 0. The number of nitrogens with one attached hydrogen (secondary N) is 1. The standard InChI is InChI=1S/C62H113N2O7P/c1-7-10-13-16-19-22-25-27-29-31-32-33-35-37-40-43-46-49-52-55-62(66)71-60(53-50-47-44-41-38-24-21-18-15-12-9-3)59(58-70-72(67,68)69-57-56-64(4,5)6)63-61(65)54-51-48-45-42-39-36-34-30-28-26-23-20-17-14-11-8-2/h19,22,27,29-30,32-34,37,40,50,53,59-60H,7-18,20-21,23-26,28,31,35-36,38-39,41-49,51-52,54-58H2,1-6H3,(H-,63,65,67,68)/p+1/b22-19-,29-27-,33-32-,34-30+,40-37-,53-50+. The van der Waals surface area contributed by atoms with Gasteiger partial charge in [-0.1, -0.05) is 216 Å². The van der Waals surface area contributed by atoms with Gasteiger partial charge in [0.15, 0.2) is 0 Å². The Kier molecular flexibility index (Phi) is 50.1. The lowest BCUT2D eigenvalue weighted by atomic mass is 10.1. The second-order valence-electron chi connectivity index (χ2n) is 21.2. The zero-order valence-electron chi connectivity index (χ0n) is 47.7. The van der Waals surface area contributed by atoms with Crippen molar-refractivity contribution in [2.75, 3.05) is 40.9 Å². The van der Waals surface area contributed by atoms with Crippen LogP contribution in [0.3, 0.4) is 0 Å². The molecule has 3 unspecified atom stereocenters. The largest absolute Gasteiger partial charge is 0.472 e. The highest BCUT2D eigenvalue weighted by Crippen LogP contribution is 2.43. The van der Waals surface area contributed by atoms with Crippen LogP contribution in [0.15, 0.2) is 72.9 Å². The van der Waals surface area contributed by atoms with E-state index in [1.807, 2.05) is 33.3 Å². The Bertz CT molecular complexity index is 1460. The molecule has 0 rings (SSSR count). The van der Waals surface area contributed by atoms with Gasteiger partial charge in [0.05, 0.1) is 33.8 Å². The minimum atomic E-state index is -4.46. The highest BCUT2D eigenvalue weighted by Gasteiger charge is 2.30. The monoisotopic (exact) mass is 1030 g/mol. The number of phosphoric ester groups is 1. The second-order valence-corrected chi connectivity index (χ2v) is 22.6. The number of carbonyl (C=O) groups excluding carboxylic acids is 2. The summed E-state index contributed by atoms with van der Waals surface area (Å²) in [7, 11) is 1.47. The van der Waals surface area contributed by atoms with Crippen molar-refractivity contribution in [3.8, 4) is 0 Å². The maximum atomic E-state index is 13.5. The van der Waals surface area contributed by atoms with E-state index < -0.39 is 20.0 Å². The van der Waals surface area contributed by atoms with Crippen molar-refractivity contribution in [2.45, 2.75) is 270 Å². The topological polar surface area (TPSA) is 111 Å². The molecule has 9 nitrogen and oxygen atoms in total. The molecule has 0 fully saturated rings. The number of nitrogens with zero attached hydrogens (tertiary/aromatic N) is 1. The average Bonchev–Trinajstić information content (AvgIpc) is 3.34. The molecule has 0 aliphatic heterocycles. The molecule has 0 bridgehead atoms. The summed E-state index contributed by atoms with van der Waals surface area (Å²) in [5.74, 6) is -0.551. The third kappa shape index (κ3) is 52.3. The van der Waals surface area contributed by atoms with Crippen LogP contribution >= 0.6 is 7.82 Å². The van der Waals surface area contributed by atoms with E-state index in [2.05, 4.69) is 86.8 Å². The molecule has 0 aromatic rings. The van der Waals surface area contributed by atoms with Crippen LogP contribution in [0.4, 0.5) is 0 Å². The van der Waals surface area contributed by atoms with Crippen LogP contribution in [-0.2, 0) is 27.9 Å². The number of quaternary nitrogens is 1. The minimum Gasteiger partial charge on any atom is -0.456 e. The normalized spacial score (nSPS) is 14.3. The zero-order chi connectivity index (χ0) is 52.9. The minimum absolute atomic E-state index is 0.0311. The van der Waals surface area contributed by atoms with Crippen LogP contribution in [0.2, 0.25) is 0 Å². The second kappa shape index (κ2) is 51.9. The van der Waals surface area contributed by atoms with Gasteiger partial charge in [-0.05, 0) is 102 Å². The summed E-state index contributed by atoms with van der Waals surface area (Å²) in [5, 5.41) is 3.04. The molecule has 418 valence electrons. The number of esters is 1. The molecule has 2 N–H and O–H groups in total. The highest BCUT2D eigenvalue weighted by molar-refractivity contribution is 7.47. The summed E-state index contributed by atoms with van der Waals surface area (Å²) < 4.78 is 30.6. The molecule has 0 saturated heterocycles. The molecule has 0 aromatic heterocycles. The van der Waals surface area contributed by atoms with Crippen LogP contribution in [0.25, 0.3) is 0 Å². The van der Waals surface area contributed by atoms with Crippen molar-refractivity contribution in [1.29, 1.82) is 0 Å². The third-order valence-electron chi connectivity index (χ3n) is 12.9. The predicted octanol–water partition coefficient (Wildman–Crippen LogP) is 18.1. The number of unbranched alkanes of at least 4 members (excludes halogenated alkanes) is 27. The van der Waals surface area contributed by atoms with Crippen molar-refractivity contribution in [2.24, 2.45) is 0 Å². The van der Waals surface area contributed by atoms with Crippen LogP contribution in [0.5, 0.6) is 0 Å². The molecule has 0 spiro atoms. The zero-order valence-corrected chi connectivity index (χ0v) is 48.6. The Morgan fingerprint density at radius 1 is 0.486 bits per heavy atom. The number of amides is 1. The number of phosphoric acid groups is 1. The average molecular weight is 1030 g/mol. The van der Waals surface area contributed by atoms with Gasteiger partial charge in [-0.2, -0.15) is 0 Å². The Morgan fingerprint density at radius 2 is 0.847 bits per heavy atom. The number of hydrogen-bond donors (Lipinski definition) is 2. The van der Waals surface area contributed by atoms with E-state index in [1.165, 1.54) is 122 Å². The number of ether oxygens (including phenoxy) is 1. The molecule has 1 amide bonds. The molecule has 10 heteroatoms. The van der Waals surface area contributed by atoms with E-state index in [1.54, 1.807) is 0 Å². The number of likely N-dealkylation sites (N-methyl/N-ethyl adjacent to an activating group) is 1. The Labute approximate surface area is 444 Å². The smallest absolute Gasteiger partial charge is 0.456 e. The lowest BCUT2D eigenvalue weighted by molar-refractivity contribution is -0.870. The molecule has 0 aromatic carbocycles. The first-order valence-corrected chi connectivity index (χ1v) is 31.3. The van der Waals surface area contributed by atoms with Crippen molar-refractivity contribution < 1.29 is 37.3 Å². The summed E-state index contributed by atoms with van der Waals surface area (Å²) in [5.41, 5.74) is 0. The third-order valence-corrected chi connectivity index (χ3v) is 13.9. The Balaban J connectivity index is 5.36. The fraction of sp³-hybridized carbons (Fsp3) is 0.774. The molecule has 0 radical (unpaired) electrons. The van der Waals surface area contributed by atoms with Gasteiger partial charge in [-0.3, -0.25) is 18.6 Å². The highest BCUT2D eigenvalue weighted by atomic mass is 31.2. The first kappa shape index (κ1) is 69.5. The SMILES string of the molecule is CCCCC/C=C\C/C=C\C/C=C\C/C=C\CCCCCC(=O)OC(/C=C/CCCCCCCCCCC)C(COP(=O)(O)OCC[N+](C)(C)C)NC(=O)CCCCCCC/C=C/CCCCCCCCC. The van der Waals surface area contributed by atoms with Crippen molar-refractivity contribution in [3.63, 3.8) is 0 Å². The van der Waals surface area contributed by atoms with Gasteiger partial charge < -0.3 is 19.4 Å². The fourth-order valence-corrected chi connectivity index (χ4v) is 8.95. The lowest BCUT2D eigenvalue weighted by Crippen LogP contribution is -2.47. The quantitative estimate of drug-likeness (QED) is 0.0205. The van der Waals surface area contributed by atoms with Gasteiger partial charge >= 0.3 is 13.8 Å². The van der Waals surface area contributed by atoms with E-state index >= 15 is 0 Å². The van der Waals surface area contributed by atoms with Gasteiger partial charge in [-0.15, -0.1) is 0 Å². The molecule has 0 saturated carbocycles. The van der Waals surface area contributed by atoms with E-state index in [0.717, 1.165) is 96.3 Å². The fourth-order valence-electron chi connectivity index (χ4n) is 8.21. The number of carbonyl (C=O) groups is 2. The molecule has 0 heterocycles. The molecular weight excluding hydrogens is 916 g/mol. The summed E-state index contributed by atoms with van der Waals surface area (Å²) in [6.07, 6.45) is 66.1. The number of hydrogen-bond acceptors (Lipinski definition) is 6. The van der Waals surface area contributed by atoms with E-state index in [0.29, 0.717) is 23.9 Å². The number of rotatable bonds is 53. The van der Waals surface area contributed by atoms with Crippen molar-refractivity contribution in [1.82, 2.24) is 5.32 Å². The molecule has 3 atom stereocenters. The van der Waals surface area contributed by atoms with Crippen LogP contribution in [-0.4, -0.2) is 74.3 Å². The molecule has 0 aliphatic carbocycles. The predicted molar refractivity (Wildman–Crippen MR) is 309 cm³/mol. The summed E-state index contributed by atoms with van der Waals surface area (Å²) in [6, 6.07) is -0.867. The number of allylic oxidation sites excluding steroid dienone is 11. The van der Waals surface area contributed by atoms with Crippen molar-refractivity contribution >= 4 is 19.7 Å².